The molecular weight excluding hydrogens is 600 g/mol. The van der Waals surface area contributed by atoms with E-state index >= 15 is 0 Å². The number of hydrogen-bond acceptors (Lipinski definition) is 7. The van der Waals surface area contributed by atoms with E-state index < -0.39 is 5.91 Å². The molecule has 242 valence electrons. The van der Waals surface area contributed by atoms with Crippen LogP contribution in [0.2, 0.25) is 5.15 Å². The summed E-state index contributed by atoms with van der Waals surface area (Å²) in [5, 5.41) is 3.24. The second-order valence-electron chi connectivity index (χ2n) is 12.3. The molecule has 2 heterocycles. The third-order valence-corrected chi connectivity index (χ3v) is 9.39. The van der Waals surface area contributed by atoms with Crippen LogP contribution in [0.3, 0.4) is 0 Å². The number of nitrogen functional groups attached to an aromatic ring is 2. The summed E-state index contributed by atoms with van der Waals surface area (Å²) in [5.41, 5.74) is 16.8. The minimum Gasteiger partial charge on any atom is -0.497 e. The lowest BCUT2D eigenvalue weighted by molar-refractivity contribution is -0.918. The van der Waals surface area contributed by atoms with Crippen LogP contribution in [-0.2, 0) is 12.8 Å². The molecule has 9 nitrogen and oxygen atoms in total. The van der Waals surface area contributed by atoms with Crippen LogP contribution >= 0.6 is 11.6 Å². The molecule has 0 bridgehead atoms. The predicted octanol–water partition coefficient (Wildman–Crippen LogP) is 5.60. The summed E-state index contributed by atoms with van der Waals surface area (Å²) in [6.45, 7) is 5.75. The number of anilines is 2. The molecule has 5 N–H and O–H groups in total. The molecule has 0 spiro atoms. The highest BCUT2D eigenvalue weighted by Crippen LogP contribution is 2.35. The standard InChI is InChI=1S/C36H43ClN6O3/c1-24-8-14-27(15-9-24)30-22-43(20-4-6-25-10-16-28(45-2)17-11-25,21-5-7-26-12-18-29(46-3)19-13-26)23-31(30)40-36(44)32-34(38)42-35(39)33(37)41-32/h8-19,30-31H,4-7,20-23H2,1-3H3,(H4-,38,39,40,42,44)/p+1. The van der Waals surface area contributed by atoms with Gasteiger partial charge in [-0.3, -0.25) is 4.79 Å². The molecule has 1 aliphatic rings. The Morgan fingerprint density at radius 1 is 0.826 bits per heavy atom. The van der Waals surface area contributed by atoms with E-state index in [2.05, 4.69) is 70.7 Å². The van der Waals surface area contributed by atoms with E-state index in [1.165, 1.54) is 22.3 Å². The van der Waals surface area contributed by atoms with Crippen LogP contribution in [0.1, 0.15) is 51.5 Å². The van der Waals surface area contributed by atoms with Crippen LogP contribution in [0.25, 0.3) is 0 Å². The van der Waals surface area contributed by atoms with Crippen molar-refractivity contribution < 1.29 is 18.8 Å². The molecule has 46 heavy (non-hydrogen) atoms. The average molecular weight is 644 g/mol. The molecule has 0 aliphatic carbocycles. The first-order valence-electron chi connectivity index (χ1n) is 15.8. The molecule has 10 heteroatoms. The second-order valence-corrected chi connectivity index (χ2v) is 12.6. The summed E-state index contributed by atoms with van der Waals surface area (Å²) in [4.78, 5) is 21.8. The van der Waals surface area contributed by atoms with Crippen molar-refractivity contribution >= 4 is 29.1 Å². The molecule has 1 aromatic heterocycles. The van der Waals surface area contributed by atoms with Crippen molar-refractivity contribution in [1.29, 1.82) is 0 Å². The van der Waals surface area contributed by atoms with E-state index in [0.717, 1.165) is 67.8 Å². The average Bonchev–Trinajstić information content (AvgIpc) is 3.41. The Kier molecular flexibility index (Phi) is 10.7. The summed E-state index contributed by atoms with van der Waals surface area (Å²) < 4.78 is 11.6. The number of aromatic nitrogens is 2. The number of carbonyl (C=O) groups is 1. The summed E-state index contributed by atoms with van der Waals surface area (Å²) in [5.74, 6) is 1.38. The number of carbonyl (C=O) groups excluding carboxylic acids is 1. The number of amides is 1. The number of likely N-dealkylation sites (tertiary alicyclic amines) is 1. The molecule has 1 saturated heterocycles. The second kappa shape index (κ2) is 14.8. The highest BCUT2D eigenvalue weighted by molar-refractivity contribution is 6.31. The summed E-state index contributed by atoms with van der Waals surface area (Å²) in [6, 6.07) is 25.1. The quantitative estimate of drug-likeness (QED) is 0.162. The van der Waals surface area contributed by atoms with Crippen LogP contribution in [-0.4, -0.2) is 66.8 Å². The first kappa shape index (κ1) is 33.0. The van der Waals surface area contributed by atoms with Crippen molar-refractivity contribution in [2.75, 3.05) is 51.9 Å². The summed E-state index contributed by atoms with van der Waals surface area (Å²) in [6.07, 6.45) is 3.96. The molecule has 0 saturated carbocycles. The number of nitrogens with two attached hydrogens (primary N) is 2. The Labute approximate surface area is 276 Å². The maximum absolute atomic E-state index is 13.6. The number of ether oxygens (including phenoxy) is 2. The Morgan fingerprint density at radius 2 is 1.37 bits per heavy atom. The van der Waals surface area contributed by atoms with Gasteiger partial charge in [0.1, 0.15) is 18.0 Å². The van der Waals surface area contributed by atoms with Gasteiger partial charge < -0.3 is 30.7 Å². The predicted molar refractivity (Wildman–Crippen MR) is 183 cm³/mol. The Morgan fingerprint density at radius 3 is 1.89 bits per heavy atom. The maximum Gasteiger partial charge on any atom is 0.274 e. The van der Waals surface area contributed by atoms with Gasteiger partial charge in [-0.2, -0.15) is 0 Å². The zero-order valence-corrected chi connectivity index (χ0v) is 27.6. The largest absolute Gasteiger partial charge is 0.497 e. The molecule has 3 aromatic carbocycles. The fraction of sp³-hybridized carbons (Fsp3) is 0.361. The zero-order chi connectivity index (χ0) is 32.7. The van der Waals surface area contributed by atoms with Crippen LogP contribution in [0, 0.1) is 6.92 Å². The van der Waals surface area contributed by atoms with Crippen molar-refractivity contribution in [3.63, 3.8) is 0 Å². The van der Waals surface area contributed by atoms with Gasteiger partial charge >= 0.3 is 0 Å². The third-order valence-electron chi connectivity index (χ3n) is 9.11. The lowest BCUT2D eigenvalue weighted by Crippen LogP contribution is -2.50. The molecule has 1 fully saturated rings. The van der Waals surface area contributed by atoms with Crippen LogP contribution in [0.5, 0.6) is 11.5 Å². The van der Waals surface area contributed by atoms with E-state index in [9.17, 15) is 4.79 Å². The molecule has 5 rings (SSSR count). The third kappa shape index (κ3) is 8.08. The number of nitrogens with one attached hydrogen (secondary N) is 1. The number of halogens is 1. The van der Waals surface area contributed by atoms with Crippen LogP contribution in [0.4, 0.5) is 11.6 Å². The lowest BCUT2D eigenvalue weighted by Gasteiger charge is -2.35. The fourth-order valence-corrected chi connectivity index (χ4v) is 6.73. The summed E-state index contributed by atoms with van der Waals surface area (Å²) >= 11 is 6.13. The number of aryl methyl sites for hydroxylation is 3. The van der Waals surface area contributed by atoms with Crippen LogP contribution in [0.15, 0.2) is 72.8 Å². The molecule has 1 aliphatic heterocycles. The molecular formula is C36H44ClN6O3+. The number of benzene rings is 3. The summed E-state index contributed by atoms with van der Waals surface area (Å²) in [7, 11) is 3.37. The molecule has 2 unspecified atom stereocenters. The minimum atomic E-state index is -0.398. The Hall–Kier alpha value is -4.34. The minimum absolute atomic E-state index is 0.00137. The number of methoxy groups -OCH3 is 2. The maximum atomic E-state index is 13.6. The number of quaternary nitrogens is 1. The number of hydrogen-bond donors (Lipinski definition) is 3. The molecule has 0 radical (unpaired) electrons. The van der Waals surface area contributed by atoms with Gasteiger partial charge in [0.05, 0.1) is 45.8 Å². The van der Waals surface area contributed by atoms with Gasteiger partial charge in [-0.15, -0.1) is 0 Å². The van der Waals surface area contributed by atoms with Crippen molar-refractivity contribution in [1.82, 2.24) is 15.3 Å². The Balaban J connectivity index is 1.39. The van der Waals surface area contributed by atoms with Crippen molar-refractivity contribution in [3.8, 4) is 11.5 Å². The highest BCUT2D eigenvalue weighted by atomic mass is 35.5. The van der Waals surface area contributed by atoms with Gasteiger partial charge in [0.2, 0.25) is 0 Å². The van der Waals surface area contributed by atoms with E-state index in [1.54, 1.807) is 14.2 Å². The van der Waals surface area contributed by atoms with E-state index in [4.69, 9.17) is 32.5 Å². The van der Waals surface area contributed by atoms with E-state index in [0.29, 0.717) is 0 Å². The monoisotopic (exact) mass is 643 g/mol. The molecule has 2 atom stereocenters. The first-order valence-corrected chi connectivity index (χ1v) is 16.1. The van der Waals surface area contributed by atoms with E-state index in [1.807, 2.05) is 24.3 Å². The first-order chi connectivity index (χ1) is 22.2. The topological polar surface area (TPSA) is 125 Å². The number of rotatable bonds is 13. The highest BCUT2D eigenvalue weighted by Gasteiger charge is 2.46. The normalized spacial score (nSPS) is 17.0. The smallest absolute Gasteiger partial charge is 0.274 e. The van der Waals surface area contributed by atoms with Gasteiger partial charge in [-0.25, -0.2) is 9.97 Å². The lowest BCUT2D eigenvalue weighted by atomic mass is 9.93. The molecule has 4 aromatic rings. The van der Waals surface area contributed by atoms with Crippen molar-refractivity contribution in [3.05, 3.63) is 106 Å². The van der Waals surface area contributed by atoms with Crippen molar-refractivity contribution in [2.45, 2.75) is 44.6 Å². The van der Waals surface area contributed by atoms with Gasteiger partial charge in [0.25, 0.3) is 5.91 Å². The SMILES string of the molecule is COc1ccc(CCC[N+]2(CCCc3ccc(OC)cc3)CC(NC(=O)c3nc(Cl)c(N)nc3N)C(c3ccc(C)cc3)C2)cc1. The van der Waals surface area contributed by atoms with Gasteiger partial charge in [0, 0.05) is 12.8 Å². The van der Waals surface area contributed by atoms with Crippen molar-refractivity contribution in [2.24, 2.45) is 0 Å². The van der Waals surface area contributed by atoms with E-state index in [-0.39, 0.29) is 34.4 Å². The molecule has 1 amide bonds. The zero-order valence-electron chi connectivity index (χ0n) is 26.8. The fourth-order valence-electron chi connectivity index (χ4n) is 6.61. The Bertz CT molecular complexity index is 1560. The van der Waals surface area contributed by atoms with Gasteiger partial charge in [0.15, 0.2) is 22.5 Å². The van der Waals surface area contributed by atoms with Crippen LogP contribution < -0.4 is 26.3 Å². The van der Waals surface area contributed by atoms with Gasteiger partial charge in [-0.05, 0) is 60.7 Å². The van der Waals surface area contributed by atoms with Gasteiger partial charge in [-0.1, -0.05) is 65.7 Å². The number of nitrogens with zero attached hydrogens (tertiary/aromatic N) is 3.